The third-order valence-corrected chi connectivity index (χ3v) is 4.43. The second-order valence-electron chi connectivity index (χ2n) is 6.15. The van der Waals surface area contributed by atoms with Crippen molar-refractivity contribution in [2.24, 2.45) is 0 Å². The Morgan fingerprint density at radius 3 is 2.00 bits per heavy atom. The quantitative estimate of drug-likeness (QED) is 0.491. The van der Waals surface area contributed by atoms with Gasteiger partial charge in [0.2, 0.25) is 11.7 Å². The van der Waals surface area contributed by atoms with Crippen molar-refractivity contribution in [1.29, 1.82) is 0 Å². The highest BCUT2D eigenvalue weighted by atomic mass is 35.5. The van der Waals surface area contributed by atoms with E-state index in [1.165, 1.54) is 28.4 Å². The van der Waals surface area contributed by atoms with Gasteiger partial charge in [0.25, 0.3) is 0 Å². The van der Waals surface area contributed by atoms with Crippen LogP contribution in [-0.2, 0) is 11.2 Å². The van der Waals surface area contributed by atoms with E-state index in [1.807, 2.05) is 0 Å². The molecule has 2 rings (SSSR count). The largest absolute Gasteiger partial charge is 0.495 e. The van der Waals surface area contributed by atoms with Crippen molar-refractivity contribution in [3.8, 4) is 23.0 Å². The number of benzene rings is 2. The van der Waals surface area contributed by atoms with Crippen LogP contribution < -0.4 is 24.3 Å². The number of methoxy groups -OCH3 is 4. The molecule has 156 valence electrons. The molecule has 1 amide bonds. The summed E-state index contributed by atoms with van der Waals surface area (Å²) in [5.41, 5.74) is 1.48. The Kier molecular flexibility index (Phi) is 7.73. The van der Waals surface area contributed by atoms with E-state index in [-0.39, 0.29) is 18.1 Å². The summed E-state index contributed by atoms with van der Waals surface area (Å²) in [6.07, 6.45) is 0.0995. The molecule has 0 aliphatic carbocycles. The number of carbonyl (C=O) groups is 2. The number of carbonyl (C=O) groups excluding carboxylic acids is 2. The number of halogens is 1. The third-order valence-electron chi connectivity index (χ3n) is 4.23. The molecule has 0 saturated carbocycles. The molecule has 0 aliphatic rings. The first-order valence-electron chi connectivity index (χ1n) is 8.79. The predicted octanol–water partition coefficient (Wildman–Crippen LogP) is 3.71. The first-order chi connectivity index (χ1) is 13.8. The molecule has 0 heterocycles. The Morgan fingerprint density at radius 2 is 1.52 bits per heavy atom. The standard InChI is InChI=1S/C21H24ClNO6/c1-12(22)21(25)23-15-11-14(6-7-17(15)26-2)16(24)8-13-9-18(27-3)20(29-5)19(10-13)28-4/h6-7,9-12H,8H2,1-5H3,(H,23,25). The van der Waals surface area contributed by atoms with Gasteiger partial charge in [-0.2, -0.15) is 0 Å². The van der Waals surface area contributed by atoms with Gasteiger partial charge in [0.1, 0.15) is 11.1 Å². The Balaban J connectivity index is 2.32. The van der Waals surface area contributed by atoms with E-state index >= 15 is 0 Å². The minimum Gasteiger partial charge on any atom is -0.495 e. The average molecular weight is 422 g/mol. The number of Topliss-reactive ketones (excluding diaryl/α,β-unsaturated/α-hetero) is 1. The number of nitrogens with one attached hydrogen (secondary N) is 1. The lowest BCUT2D eigenvalue weighted by atomic mass is 10.0. The smallest absolute Gasteiger partial charge is 0.242 e. The van der Waals surface area contributed by atoms with Crippen LogP contribution >= 0.6 is 11.6 Å². The SMILES string of the molecule is COc1ccc(C(=O)Cc2cc(OC)c(OC)c(OC)c2)cc1NC(=O)C(C)Cl. The Bertz CT molecular complexity index is 872. The number of rotatable bonds is 9. The lowest BCUT2D eigenvalue weighted by Gasteiger charge is -2.15. The third kappa shape index (κ3) is 5.32. The van der Waals surface area contributed by atoms with Gasteiger partial charge in [0.15, 0.2) is 17.3 Å². The van der Waals surface area contributed by atoms with E-state index < -0.39 is 5.38 Å². The van der Waals surface area contributed by atoms with Crippen LogP contribution in [0.4, 0.5) is 5.69 Å². The van der Waals surface area contributed by atoms with E-state index in [1.54, 1.807) is 37.3 Å². The topological polar surface area (TPSA) is 83.1 Å². The van der Waals surface area contributed by atoms with Gasteiger partial charge in [0.05, 0.1) is 34.1 Å². The summed E-state index contributed by atoms with van der Waals surface area (Å²) >= 11 is 5.81. The molecule has 0 aromatic heterocycles. The van der Waals surface area contributed by atoms with Gasteiger partial charge in [-0.15, -0.1) is 11.6 Å². The minimum atomic E-state index is -0.724. The Labute approximate surface area is 174 Å². The number of amides is 1. The normalized spacial score (nSPS) is 11.4. The molecule has 0 aliphatic heterocycles. The van der Waals surface area contributed by atoms with Crippen molar-refractivity contribution in [3.63, 3.8) is 0 Å². The van der Waals surface area contributed by atoms with Crippen molar-refractivity contribution < 1.29 is 28.5 Å². The summed E-state index contributed by atoms with van der Waals surface area (Å²) < 4.78 is 21.2. The minimum absolute atomic E-state index is 0.0995. The van der Waals surface area contributed by atoms with Crippen LogP contribution in [0.5, 0.6) is 23.0 Å². The molecule has 1 N–H and O–H groups in total. The predicted molar refractivity (Wildman–Crippen MR) is 111 cm³/mol. The van der Waals surface area contributed by atoms with Crippen molar-refractivity contribution in [3.05, 3.63) is 41.5 Å². The number of ketones is 1. The Hall–Kier alpha value is -2.93. The second-order valence-corrected chi connectivity index (χ2v) is 6.81. The van der Waals surface area contributed by atoms with E-state index in [9.17, 15) is 9.59 Å². The molecule has 2 aromatic carbocycles. The van der Waals surface area contributed by atoms with Crippen molar-refractivity contribution in [1.82, 2.24) is 0 Å². The van der Waals surface area contributed by atoms with Gasteiger partial charge >= 0.3 is 0 Å². The average Bonchev–Trinajstić information content (AvgIpc) is 2.72. The van der Waals surface area contributed by atoms with Crippen LogP contribution in [0.1, 0.15) is 22.8 Å². The van der Waals surface area contributed by atoms with E-state index in [2.05, 4.69) is 5.32 Å². The van der Waals surface area contributed by atoms with Gasteiger partial charge in [-0.05, 0) is 42.8 Å². The fourth-order valence-corrected chi connectivity index (χ4v) is 2.79. The van der Waals surface area contributed by atoms with Crippen LogP contribution in [0.2, 0.25) is 0 Å². The van der Waals surface area contributed by atoms with Crippen LogP contribution in [0, 0.1) is 0 Å². The summed E-state index contributed by atoms with van der Waals surface area (Å²) in [5.74, 6) is 1.27. The van der Waals surface area contributed by atoms with Crippen molar-refractivity contribution in [2.45, 2.75) is 18.7 Å². The summed E-state index contributed by atoms with van der Waals surface area (Å²) in [5, 5.41) is 1.94. The lowest BCUT2D eigenvalue weighted by molar-refractivity contribution is -0.115. The lowest BCUT2D eigenvalue weighted by Crippen LogP contribution is -2.21. The molecule has 0 radical (unpaired) electrons. The van der Waals surface area contributed by atoms with Crippen LogP contribution in [-0.4, -0.2) is 45.5 Å². The molecular weight excluding hydrogens is 398 g/mol. The summed E-state index contributed by atoms with van der Waals surface area (Å²) in [4.78, 5) is 24.8. The molecule has 1 atom stereocenters. The zero-order valence-corrected chi connectivity index (χ0v) is 17.8. The van der Waals surface area contributed by atoms with Gasteiger partial charge in [-0.3, -0.25) is 9.59 Å². The van der Waals surface area contributed by atoms with Crippen LogP contribution in [0.25, 0.3) is 0 Å². The van der Waals surface area contributed by atoms with E-state index in [0.29, 0.717) is 39.8 Å². The zero-order valence-electron chi connectivity index (χ0n) is 17.0. The second kappa shape index (κ2) is 10.0. The fourth-order valence-electron chi connectivity index (χ4n) is 2.74. The van der Waals surface area contributed by atoms with Gasteiger partial charge in [-0.1, -0.05) is 0 Å². The molecule has 1 unspecified atom stereocenters. The monoisotopic (exact) mass is 421 g/mol. The van der Waals surface area contributed by atoms with Crippen molar-refractivity contribution in [2.75, 3.05) is 33.8 Å². The summed E-state index contributed by atoms with van der Waals surface area (Å²) in [6, 6.07) is 8.27. The van der Waals surface area contributed by atoms with Gasteiger partial charge in [-0.25, -0.2) is 0 Å². The highest BCUT2D eigenvalue weighted by molar-refractivity contribution is 6.32. The van der Waals surface area contributed by atoms with Gasteiger partial charge in [0, 0.05) is 12.0 Å². The summed E-state index contributed by atoms with van der Waals surface area (Å²) in [7, 11) is 6.02. The highest BCUT2D eigenvalue weighted by Crippen LogP contribution is 2.38. The number of hydrogen-bond donors (Lipinski definition) is 1. The molecule has 8 heteroatoms. The molecule has 0 spiro atoms. The molecule has 7 nitrogen and oxygen atoms in total. The first kappa shape index (κ1) is 22.4. The maximum Gasteiger partial charge on any atom is 0.242 e. The molecule has 0 fully saturated rings. The summed E-state index contributed by atoms with van der Waals surface area (Å²) in [6.45, 7) is 1.56. The molecule has 0 bridgehead atoms. The van der Waals surface area contributed by atoms with Crippen molar-refractivity contribution >= 4 is 29.0 Å². The molecular formula is C21H24ClNO6. The molecule has 2 aromatic rings. The first-order valence-corrected chi connectivity index (χ1v) is 9.23. The van der Waals surface area contributed by atoms with E-state index in [0.717, 1.165) is 0 Å². The molecule has 29 heavy (non-hydrogen) atoms. The zero-order chi connectivity index (χ0) is 21.6. The van der Waals surface area contributed by atoms with Gasteiger partial charge < -0.3 is 24.3 Å². The Morgan fingerprint density at radius 1 is 0.931 bits per heavy atom. The van der Waals surface area contributed by atoms with Crippen LogP contribution in [0.15, 0.2) is 30.3 Å². The molecule has 0 saturated heterocycles. The number of hydrogen-bond acceptors (Lipinski definition) is 6. The fraction of sp³-hybridized carbons (Fsp3) is 0.333. The van der Waals surface area contributed by atoms with E-state index in [4.69, 9.17) is 30.5 Å². The van der Waals surface area contributed by atoms with Crippen LogP contribution in [0.3, 0.4) is 0 Å². The number of anilines is 1. The maximum atomic E-state index is 12.8. The highest BCUT2D eigenvalue weighted by Gasteiger charge is 2.18. The number of ether oxygens (including phenoxy) is 4. The maximum absolute atomic E-state index is 12.8. The number of alkyl halides is 1.